The lowest BCUT2D eigenvalue weighted by Crippen LogP contribution is -2.42. The fraction of sp³-hybridized carbons (Fsp3) is 0.920. The van der Waals surface area contributed by atoms with Crippen molar-refractivity contribution in [1.82, 2.24) is 10.6 Å². The Morgan fingerprint density at radius 2 is 1.47 bits per heavy atom. The van der Waals surface area contributed by atoms with Crippen LogP contribution in [0.4, 0.5) is 4.79 Å². The molecule has 0 fully saturated rings. The van der Waals surface area contributed by atoms with Gasteiger partial charge >= 0.3 is 12.1 Å². The van der Waals surface area contributed by atoms with Crippen LogP contribution in [0, 0.1) is 0 Å². The van der Waals surface area contributed by atoms with E-state index in [9.17, 15) is 14.7 Å². The zero-order valence-corrected chi connectivity index (χ0v) is 21.3. The van der Waals surface area contributed by atoms with Crippen molar-refractivity contribution in [2.24, 2.45) is 0 Å². The van der Waals surface area contributed by atoms with E-state index in [0.717, 1.165) is 32.1 Å². The van der Waals surface area contributed by atoms with Crippen molar-refractivity contribution in [3.05, 3.63) is 0 Å². The molecule has 0 aliphatic rings. The number of unbranched alkanes of at least 4 members (excludes halogenated alkanes) is 8. The number of carbonyl (C=O) groups is 2. The van der Waals surface area contributed by atoms with Crippen LogP contribution >= 0.6 is 0 Å². The molecule has 0 saturated carbocycles. The van der Waals surface area contributed by atoms with Crippen LogP contribution in [0.2, 0.25) is 0 Å². The molecule has 0 rings (SSSR count). The summed E-state index contributed by atoms with van der Waals surface area (Å²) in [5.41, 5.74) is -0.515. The van der Waals surface area contributed by atoms with Gasteiger partial charge in [-0.05, 0) is 53.4 Å². The number of esters is 1. The molecule has 0 bridgehead atoms. The Bertz CT molecular complexity index is 479. The van der Waals surface area contributed by atoms with Crippen molar-refractivity contribution < 1.29 is 24.2 Å². The Morgan fingerprint density at radius 1 is 0.875 bits per heavy atom. The topological polar surface area (TPSA) is 96.9 Å². The molecule has 0 aromatic heterocycles. The van der Waals surface area contributed by atoms with E-state index in [0.29, 0.717) is 26.1 Å². The van der Waals surface area contributed by atoms with Gasteiger partial charge in [0, 0.05) is 13.1 Å². The summed E-state index contributed by atoms with van der Waals surface area (Å²) in [5.74, 6) is -0.285. The summed E-state index contributed by atoms with van der Waals surface area (Å²) < 4.78 is 10.4. The zero-order chi connectivity index (χ0) is 24.2. The van der Waals surface area contributed by atoms with Crippen molar-refractivity contribution in [2.45, 2.75) is 129 Å². The maximum atomic E-state index is 12.2. The van der Waals surface area contributed by atoms with Crippen LogP contribution in [0.3, 0.4) is 0 Å². The molecule has 0 aliphatic heterocycles. The van der Waals surface area contributed by atoms with Gasteiger partial charge in [-0.15, -0.1) is 0 Å². The molecule has 2 atom stereocenters. The van der Waals surface area contributed by atoms with Gasteiger partial charge in [0.25, 0.3) is 0 Å². The maximum Gasteiger partial charge on any atom is 0.407 e. The van der Waals surface area contributed by atoms with Gasteiger partial charge in [-0.1, -0.05) is 58.3 Å². The molecule has 190 valence electrons. The second-order valence-electron chi connectivity index (χ2n) is 9.55. The van der Waals surface area contributed by atoms with E-state index in [1.54, 1.807) is 6.92 Å². The first-order chi connectivity index (χ1) is 15.2. The number of carbonyl (C=O) groups excluding carboxylic acids is 2. The third-order valence-corrected chi connectivity index (χ3v) is 5.15. The van der Waals surface area contributed by atoms with E-state index in [1.165, 1.54) is 38.5 Å². The minimum Gasteiger partial charge on any atom is -0.465 e. The first-order valence-corrected chi connectivity index (χ1v) is 12.7. The zero-order valence-electron chi connectivity index (χ0n) is 21.3. The molecule has 7 heteroatoms. The summed E-state index contributed by atoms with van der Waals surface area (Å²) in [6.45, 7) is 10.7. The number of amides is 1. The number of rotatable bonds is 19. The van der Waals surface area contributed by atoms with E-state index in [2.05, 4.69) is 17.6 Å². The standard InChI is InChI=1S/C25H50N2O5/c1-6-8-9-10-11-12-13-14-17-21(28)20-27-22(23(29)31-7-2)18-15-16-19-26-24(30)32-25(3,4)5/h21-22,27-28H,6-20H2,1-5H3,(H,26,30). The highest BCUT2D eigenvalue weighted by Crippen LogP contribution is 2.11. The van der Waals surface area contributed by atoms with Crippen LogP contribution in [0.25, 0.3) is 0 Å². The fourth-order valence-electron chi connectivity index (χ4n) is 3.42. The second kappa shape index (κ2) is 19.2. The smallest absolute Gasteiger partial charge is 0.407 e. The van der Waals surface area contributed by atoms with Crippen LogP contribution < -0.4 is 10.6 Å². The average Bonchev–Trinajstić information content (AvgIpc) is 2.70. The molecular formula is C25H50N2O5. The number of nitrogens with one attached hydrogen (secondary N) is 2. The Labute approximate surface area is 196 Å². The molecule has 7 nitrogen and oxygen atoms in total. The first kappa shape index (κ1) is 30.7. The Balaban J connectivity index is 4.05. The van der Waals surface area contributed by atoms with Crippen molar-refractivity contribution >= 4 is 12.1 Å². The van der Waals surface area contributed by atoms with E-state index in [-0.39, 0.29) is 5.97 Å². The molecule has 0 saturated heterocycles. The van der Waals surface area contributed by atoms with Gasteiger partial charge in [-0.2, -0.15) is 0 Å². The molecule has 2 unspecified atom stereocenters. The highest BCUT2D eigenvalue weighted by atomic mass is 16.6. The molecule has 1 amide bonds. The SMILES string of the molecule is CCCCCCCCCCC(O)CNC(CCCCNC(=O)OC(C)(C)C)C(=O)OCC. The number of aliphatic hydroxyl groups is 1. The summed E-state index contributed by atoms with van der Waals surface area (Å²) in [7, 11) is 0. The Hall–Kier alpha value is -1.34. The van der Waals surface area contributed by atoms with Crippen LogP contribution in [-0.4, -0.2) is 54.6 Å². The van der Waals surface area contributed by atoms with Gasteiger partial charge in [0.1, 0.15) is 11.6 Å². The fourth-order valence-corrected chi connectivity index (χ4v) is 3.42. The van der Waals surface area contributed by atoms with Crippen molar-refractivity contribution in [3.63, 3.8) is 0 Å². The highest BCUT2D eigenvalue weighted by molar-refractivity contribution is 5.75. The number of hydrogen-bond acceptors (Lipinski definition) is 6. The molecule has 0 radical (unpaired) electrons. The minimum absolute atomic E-state index is 0.285. The molecule has 0 spiro atoms. The summed E-state index contributed by atoms with van der Waals surface area (Å²) >= 11 is 0. The first-order valence-electron chi connectivity index (χ1n) is 12.7. The second-order valence-corrected chi connectivity index (χ2v) is 9.55. The third-order valence-electron chi connectivity index (χ3n) is 5.15. The molecule has 0 heterocycles. The lowest BCUT2D eigenvalue weighted by atomic mass is 10.0. The van der Waals surface area contributed by atoms with E-state index < -0.39 is 23.8 Å². The molecule has 0 aromatic carbocycles. The van der Waals surface area contributed by atoms with E-state index in [4.69, 9.17) is 9.47 Å². The number of hydrogen-bond donors (Lipinski definition) is 3. The normalized spacial score (nSPS) is 13.4. The summed E-state index contributed by atoms with van der Waals surface area (Å²) in [5, 5.41) is 16.2. The number of aliphatic hydroxyl groups excluding tert-OH is 1. The van der Waals surface area contributed by atoms with E-state index >= 15 is 0 Å². The van der Waals surface area contributed by atoms with Crippen LogP contribution in [0.5, 0.6) is 0 Å². The average molecular weight is 459 g/mol. The number of alkyl carbamates (subject to hydrolysis) is 1. The van der Waals surface area contributed by atoms with Crippen LogP contribution in [0.15, 0.2) is 0 Å². The van der Waals surface area contributed by atoms with Crippen molar-refractivity contribution in [3.8, 4) is 0 Å². The Morgan fingerprint density at radius 3 is 2.06 bits per heavy atom. The van der Waals surface area contributed by atoms with Gasteiger partial charge in [-0.25, -0.2) is 4.79 Å². The van der Waals surface area contributed by atoms with Gasteiger partial charge in [0.05, 0.1) is 12.7 Å². The predicted octanol–water partition coefficient (Wildman–Crippen LogP) is 5.09. The monoisotopic (exact) mass is 458 g/mol. The lowest BCUT2D eigenvalue weighted by molar-refractivity contribution is -0.146. The third kappa shape index (κ3) is 19.4. The molecular weight excluding hydrogens is 408 g/mol. The molecule has 0 aliphatic carbocycles. The van der Waals surface area contributed by atoms with Gasteiger partial charge in [-0.3, -0.25) is 4.79 Å². The molecule has 3 N–H and O–H groups in total. The van der Waals surface area contributed by atoms with Gasteiger partial charge < -0.3 is 25.2 Å². The maximum absolute atomic E-state index is 12.2. The van der Waals surface area contributed by atoms with Gasteiger partial charge in [0.15, 0.2) is 0 Å². The largest absolute Gasteiger partial charge is 0.465 e. The predicted molar refractivity (Wildman–Crippen MR) is 130 cm³/mol. The molecule has 32 heavy (non-hydrogen) atoms. The summed E-state index contributed by atoms with van der Waals surface area (Å²) in [6, 6.07) is -0.440. The van der Waals surface area contributed by atoms with Crippen molar-refractivity contribution in [1.29, 1.82) is 0 Å². The van der Waals surface area contributed by atoms with E-state index in [1.807, 2.05) is 20.8 Å². The molecule has 0 aromatic rings. The van der Waals surface area contributed by atoms with Crippen molar-refractivity contribution in [2.75, 3.05) is 19.7 Å². The summed E-state index contributed by atoms with van der Waals surface area (Å²) in [6.07, 6.45) is 11.8. The quantitative estimate of drug-likeness (QED) is 0.184. The van der Waals surface area contributed by atoms with Crippen LogP contribution in [0.1, 0.15) is 112 Å². The highest BCUT2D eigenvalue weighted by Gasteiger charge is 2.20. The van der Waals surface area contributed by atoms with Gasteiger partial charge in [0.2, 0.25) is 0 Å². The summed E-state index contributed by atoms with van der Waals surface area (Å²) in [4.78, 5) is 23.9. The Kier molecular flexibility index (Phi) is 18.4. The minimum atomic E-state index is -0.515. The van der Waals surface area contributed by atoms with Crippen LogP contribution in [-0.2, 0) is 14.3 Å². The number of ether oxygens (including phenoxy) is 2. The lowest BCUT2D eigenvalue weighted by Gasteiger charge is -2.20.